The van der Waals surface area contributed by atoms with Crippen molar-refractivity contribution in [1.29, 1.82) is 0 Å². The summed E-state index contributed by atoms with van der Waals surface area (Å²) < 4.78 is 15.2. The SMILES string of the molecule is Cc1ccc(NC(=O)Cn2c(=O)n(Cc3ccc(F)cc3)c(=O)c3nccnc32)cc1Cl. The molecule has 0 aliphatic heterocycles. The van der Waals surface area contributed by atoms with Gasteiger partial charge in [-0.2, -0.15) is 0 Å². The summed E-state index contributed by atoms with van der Waals surface area (Å²) in [6.07, 6.45) is 2.66. The zero-order valence-corrected chi connectivity index (χ0v) is 17.6. The lowest BCUT2D eigenvalue weighted by Crippen LogP contribution is -2.42. The van der Waals surface area contributed by atoms with E-state index in [9.17, 15) is 18.8 Å². The fourth-order valence-corrected chi connectivity index (χ4v) is 3.38. The third-order valence-electron chi connectivity index (χ3n) is 4.86. The Morgan fingerprint density at radius 2 is 1.78 bits per heavy atom. The van der Waals surface area contributed by atoms with Crippen LogP contribution in [0.15, 0.2) is 64.4 Å². The molecule has 0 aliphatic rings. The van der Waals surface area contributed by atoms with Crippen LogP contribution in [0.3, 0.4) is 0 Å². The summed E-state index contributed by atoms with van der Waals surface area (Å²) >= 11 is 6.10. The summed E-state index contributed by atoms with van der Waals surface area (Å²) in [7, 11) is 0. The van der Waals surface area contributed by atoms with Gasteiger partial charge in [-0.05, 0) is 42.3 Å². The fourth-order valence-electron chi connectivity index (χ4n) is 3.20. The summed E-state index contributed by atoms with van der Waals surface area (Å²) in [5, 5.41) is 3.17. The Morgan fingerprint density at radius 1 is 1.06 bits per heavy atom. The molecule has 1 amide bonds. The number of nitrogens with one attached hydrogen (secondary N) is 1. The van der Waals surface area contributed by atoms with E-state index in [1.54, 1.807) is 18.2 Å². The molecule has 32 heavy (non-hydrogen) atoms. The number of rotatable bonds is 5. The summed E-state index contributed by atoms with van der Waals surface area (Å²) in [5.41, 5.74) is 0.423. The second-order valence-electron chi connectivity index (χ2n) is 7.13. The first-order valence-corrected chi connectivity index (χ1v) is 9.96. The quantitative estimate of drug-likeness (QED) is 0.501. The maximum Gasteiger partial charge on any atom is 0.333 e. The van der Waals surface area contributed by atoms with Crippen LogP contribution in [0.25, 0.3) is 11.2 Å². The predicted molar refractivity (Wildman–Crippen MR) is 118 cm³/mol. The molecule has 10 heteroatoms. The molecule has 8 nitrogen and oxygen atoms in total. The number of fused-ring (bicyclic) bond motifs is 1. The first-order valence-electron chi connectivity index (χ1n) is 9.58. The number of nitrogens with zero attached hydrogens (tertiary/aromatic N) is 4. The highest BCUT2D eigenvalue weighted by Crippen LogP contribution is 2.20. The maximum atomic E-state index is 13.2. The number of aromatic nitrogens is 4. The summed E-state index contributed by atoms with van der Waals surface area (Å²) in [6, 6.07) is 10.5. The van der Waals surface area contributed by atoms with Crippen molar-refractivity contribution in [2.75, 3.05) is 5.32 Å². The predicted octanol–water partition coefficient (Wildman–Crippen LogP) is 2.74. The maximum absolute atomic E-state index is 13.2. The minimum Gasteiger partial charge on any atom is -0.324 e. The molecule has 0 saturated heterocycles. The topological polar surface area (TPSA) is 98.9 Å². The average molecular weight is 454 g/mol. The van der Waals surface area contributed by atoms with Crippen molar-refractivity contribution in [3.05, 3.63) is 97.7 Å². The largest absolute Gasteiger partial charge is 0.333 e. The lowest BCUT2D eigenvalue weighted by atomic mass is 10.2. The van der Waals surface area contributed by atoms with Gasteiger partial charge in [-0.1, -0.05) is 29.8 Å². The van der Waals surface area contributed by atoms with E-state index in [1.807, 2.05) is 6.92 Å². The van der Waals surface area contributed by atoms with Crippen molar-refractivity contribution < 1.29 is 9.18 Å². The number of carbonyl (C=O) groups excluding carboxylic acids is 1. The number of hydrogen-bond acceptors (Lipinski definition) is 5. The van der Waals surface area contributed by atoms with Gasteiger partial charge in [0.05, 0.1) is 6.54 Å². The van der Waals surface area contributed by atoms with Gasteiger partial charge in [0.15, 0.2) is 11.2 Å². The third kappa shape index (κ3) is 4.28. The monoisotopic (exact) mass is 453 g/mol. The number of aryl methyl sites for hydroxylation is 1. The minimum absolute atomic E-state index is 0.00468. The third-order valence-corrected chi connectivity index (χ3v) is 5.26. The van der Waals surface area contributed by atoms with Crippen LogP contribution in [0.4, 0.5) is 10.1 Å². The van der Waals surface area contributed by atoms with E-state index >= 15 is 0 Å². The van der Waals surface area contributed by atoms with Crippen LogP contribution < -0.4 is 16.6 Å². The van der Waals surface area contributed by atoms with E-state index in [2.05, 4.69) is 15.3 Å². The molecule has 0 fully saturated rings. The highest BCUT2D eigenvalue weighted by molar-refractivity contribution is 6.31. The number of benzene rings is 2. The minimum atomic E-state index is -0.732. The molecule has 0 radical (unpaired) electrons. The molecule has 1 N–H and O–H groups in total. The Bertz CT molecular complexity index is 1450. The van der Waals surface area contributed by atoms with E-state index in [0.29, 0.717) is 16.3 Å². The van der Waals surface area contributed by atoms with Crippen LogP contribution in [0.1, 0.15) is 11.1 Å². The molecule has 4 aromatic rings. The van der Waals surface area contributed by atoms with E-state index in [-0.39, 0.29) is 17.7 Å². The average Bonchev–Trinajstić information content (AvgIpc) is 2.78. The Hall–Kier alpha value is -3.85. The summed E-state index contributed by atoms with van der Waals surface area (Å²) in [6.45, 7) is 1.32. The van der Waals surface area contributed by atoms with Crippen LogP contribution >= 0.6 is 11.6 Å². The van der Waals surface area contributed by atoms with Gasteiger partial charge in [-0.3, -0.25) is 18.7 Å². The fraction of sp³-hybridized carbons (Fsp3) is 0.136. The second kappa shape index (κ2) is 8.72. The van der Waals surface area contributed by atoms with Crippen LogP contribution in [-0.2, 0) is 17.9 Å². The van der Waals surface area contributed by atoms with Crippen molar-refractivity contribution in [3.63, 3.8) is 0 Å². The van der Waals surface area contributed by atoms with E-state index in [0.717, 1.165) is 14.7 Å². The molecule has 0 spiro atoms. The number of carbonyl (C=O) groups is 1. The Kier molecular flexibility index (Phi) is 5.83. The molecule has 2 aromatic carbocycles. The normalized spacial score (nSPS) is 11.0. The van der Waals surface area contributed by atoms with Crippen molar-refractivity contribution in [1.82, 2.24) is 19.1 Å². The van der Waals surface area contributed by atoms with Gasteiger partial charge in [0.25, 0.3) is 5.56 Å². The van der Waals surface area contributed by atoms with Gasteiger partial charge in [-0.25, -0.2) is 19.2 Å². The smallest absolute Gasteiger partial charge is 0.324 e. The summed E-state index contributed by atoms with van der Waals surface area (Å²) in [5.74, 6) is -0.943. The van der Waals surface area contributed by atoms with Gasteiger partial charge in [-0.15, -0.1) is 0 Å². The summed E-state index contributed by atoms with van der Waals surface area (Å²) in [4.78, 5) is 46.8. The first-order chi connectivity index (χ1) is 15.3. The van der Waals surface area contributed by atoms with Crippen molar-refractivity contribution in [2.45, 2.75) is 20.0 Å². The molecule has 0 aliphatic carbocycles. The Labute approximate surface area is 185 Å². The van der Waals surface area contributed by atoms with Crippen LogP contribution in [0.2, 0.25) is 5.02 Å². The van der Waals surface area contributed by atoms with E-state index in [4.69, 9.17) is 11.6 Å². The highest BCUT2D eigenvalue weighted by atomic mass is 35.5. The lowest BCUT2D eigenvalue weighted by Gasteiger charge is -2.13. The van der Waals surface area contributed by atoms with Gasteiger partial charge >= 0.3 is 5.69 Å². The Morgan fingerprint density at radius 3 is 2.50 bits per heavy atom. The van der Waals surface area contributed by atoms with Crippen LogP contribution in [0, 0.1) is 12.7 Å². The number of amides is 1. The number of halogens is 2. The van der Waals surface area contributed by atoms with Crippen LogP contribution in [-0.4, -0.2) is 25.0 Å². The van der Waals surface area contributed by atoms with E-state index < -0.39 is 29.5 Å². The van der Waals surface area contributed by atoms with Gasteiger partial charge in [0.2, 0.25) is 5.91 Å². The van der Waals surface area contributed by atoms with Crippen LogP contribution in [0.5, 0.6) is 0 Å². The Balaban J connectivity index is 1.73. The van der Waals surface area contributed by atoms with E-state index in [1.165, 1.54) is 36.7 Å². The molecule has 0 saturated carbocycles. The highest BCUT2D eigenvalue weighted by Gasteiger charge is 2.18. The zero-order chi connectivity index (χ0) is 22.8. The zero-order valence-electron chi connectivity index (χ0n) is 16.9. The first kappa shape index (κ1) is 21.4. The van der Waals surface area contributed by atoms with Gasteiger partial charge in [0, 0.05) is 23.1 Å². The molecule has 0 bridgehead atoms. The number of hydrogen-bond donors (Lipinski definition) is 1. The molecule has 4 rings (SSSR count). The molecule has 2 heterocycles. The number of anilines is 1. The van der Waals surface area contributed by atoms with Crippen molar-refractivity contribution >= 4 is 34.4 Å². The molecular formula is C22H17ClFN5O3. The lowest BCUT2D eigenvalue weighted by molar-refractivity contribution is -0.116. The molecule has 0 atom stereocenters. The standard InChI is InChI=1S/C22H17ClFN5O3/c1-13-2-7-16(10-17(13)23)27-18(30)12-28-20-19(25-8-9-26-20)21(31)29(22(28)32)11-14-3-5-15(24)6-4-14/h2-10H,11-12H2,1H3,(H,27,30). The van der Waals surface area contributed by atoms with Gasteiger partial charge < -0.3 is 5.32 Å². The molecular weight excluding hydrogens is 437 g/mol. The molecule has 0 unspecified atom stereocenters. The van der Waals surface area contributed by atoms with Crippen molar-refractivity contribution in [2.24, 2.45) is 0 Å². The molecule has 2 aromatic heterocycles. The van der Waals surface area contributed by atoms with Crippen molar-refractivity contribution in [3.8, 4) is 0 Å². The second-order valence-corrected chi connectivity index (χ2v) is 7.53. The van der Waals surface area contributed by atoms with Gasteiger partial charge in [0.1, 0.15) is 12.4 Å². The molecule has 162 valence electrons.